The highest BCUT2D eigenvalue weighted by Gasteiger charge is 2.61. The summed E-state index contributed by atoms with van der Waals surface area (Å²) in [5.74, 6) is -9.49. The molecule has 0 aromatic carbocycles. The van der Waals surface area contributed by atoms with Gasteiger partial charge in [0.05, 0.1) is 58.4 Å². The first-order valence-corrected chi connectivity index (χ1v) is 31.2. The molecule has 0 bridgehead atoms. The zero-order valence-corrected chi connectivity index (χ0v) is 53.6. The molecule has 44 heteroatoms. The molecule has 25 N–H and O–H groups in total. The molecule has 0 aromatic rings. The van der Waals surface area contributed by atoms with E-state index < -0.39 is 308 Å². The summed E-state index contributed by atoms with van der Waals surface area (Å²) in [7, 11) is 0. The van der Waals surface area contributed by atoms with Crippen molar-refractivity contribution in [2.75, 3.05) is 46.2 Å². The number of nitrogens with one attached hydrogen (secondary N) is 5. The number of aliphatic hydroxyl groups excluding tert-OH is 19. The number of carbonyl (C=O) groups is 6. The van der Waals surface area contributed by atoms with E-state index in [2.05, 4.69) is 26.6 Å². The molecule has 0 spiro atoms. The summed E-state index contributed by atoms with van der Waals surface area (Å²) in [6, 6.07) is -9.02. The molecule has 570 valence electrons. The van der Waals surface area contributed by atoms with Crippen molar-refractivity contribution in [2.24, 2.45) is 0 Å². The molecule has 36 atom stereocenters. The van der Waals surface area contributed by atoms with Crippen LogP contribution < -0.4 is 26.6 Å². The highest BCUT2D eigenvalue weighted by Crippen LogP contribution is 2.39. The molecule has 0 aliphatic carbocycles. The molecular formula is C55H91N5O39. The monoisotopic (exact) mass is 1450 g/mol. The van der Waals surface area contributed by atoms with E-state index in [9.17, 15) is 131 Å². The van der Waals surface area contributed by atoms with Gasteiger partial charge in [0.15, 0.2) is 37.7 Å². The number of amides is 5. The van der Waals surface area contributed by atoms with Crippen LogP contribution in [0.1, 0.15) is 41.0 Å². The van der Waals surface area contributed by atoms with Crippen LogP contribution in [0.25, 0.3) is 0 Å². The minimum absolute atomic E-state index is 0.797. The molecule has 5 amide bonds. The Balaban J connectivity index is 1.19. The third kappa shape index (κ3) is 18.7. The van der Waals surface area contributed by atoms with E-state index in [1.807, 2.05) is 0 Å². The number of rotatable bonds is 27. The number of aliphatic carboxylic acids is 1. The summed E-state index contributed by atoms with van der Waals surface area (Å²) in [5.41, 5.74) is 0. The van der Waals surface area contributed by atoms with Crippen molar-refractivity contribution in [2.45, 2.75) is 261 Å². The summed E-state index contributed by atoms with van der Waals surface area (Å²) in [5, 5.41) is 231. The van der Waals surface area contributed by atoms with Gasteiger partial charge in [-0.2, -0.15) is 0 Å². The fraction of sp³-hybridized carbons (Fsp3) is 0.891. The van der Waals surface area contributed by atoms with Gasteiger partial charge in [0.1, 0.15) is 165 Å². The SMILES string of the molecule is CC(=O)N[C@H]1[C@H](O[C@H]2[C@@H](O)[C@@H](CO[C@@H]3O[C@H](CO)[C@@H](O)[C@H](O)[C@H]3NC(C)=O)O[C@@H](O[C@H]3[C@H](O)[C@@H](NC(C)=O)[C@H](O[C@H]4[C@@H](O)[C@@H](CO[C@]5(C(=O)O)C[C@H](O)[C@@H](NC(C)=O)[C@H]([C@H](O)[C@H](O)CO)O5)OC(O)[C@@H]4NC(C)=O)O[C@@H]3CO)[C@@H]2O)O[C@H](CO)[C@@H](O[C@@H]2O[C@H](CO)[C@H](O)[C@H](O)[C@H]2O)[C@@H]1O. The van der Waals surface area contributed by atoms with Gasteiger partial charge in [-0.1, -0.05) is 0 Å². The summed E-state index contributed by atoms with van der Waals surface area (Å²) in [6.07, 6.45) is -62.1. The lowest BCUT2D eigenvalue weighted by Crippen LogP contribution is -2.71. The van der Waals surface area contributed by atoms with Gasteiger partial charge in [0, 0.05) is 41.0 Å². The van der Waals surface area contributed by atoms with Gasteiger partial charge in [0.25, 0.3) is 5.79 Å². The van der Waals surface area contributed by atoms with Gasteiger partial charge in [-0.05, 0) is 0 Å². The Hall–Kier alpha value is -4.46. The lowest BCUT2D eigenvalue weighted by atomic mass is 9.88. The second kappa shape index (κ2) is 35.3. The van der Waals surface area contributed by atoms with E-state index in [1.54, 1.807) is 0 Å². The molecule has 0 aromatic heterocycles. The van der Waals surface area contributed by atoms with Crippen molar-refractivity contribution in [3.63, 3.8) is 0 Å². The molecule has 99 heavy (non-hydrogen) atoms. The Labute approximate surface area is 560 Å². The largest absolute Gasteiger partial charge is 0.477 e. The molecular weight excluding hydrogens is 1350 g/mol. The normalized spacial score (nSPS) is 44.9. The first-order chi connectivity index (χ1) is 46.6. The van der Waals surface area contributed by atoms with Gasteiger partial charge < -0.3 is 190 Å². The number of hydrogen-bond donors (Lipinski definition) is 25. The average Bonchev–Trinajstić information content (AvgIpc) is 0.773. The summed E-state index contributed by atoms with van der Waals surface area (Å²) >= 11 is 0. The van der Waals surface area contributed by atoms with Crippen molar-refractivity contribution in [3.8, 4) is 0 Å². The first kappa shape index (κ1) is 81.8. The highest BCUT2D eigenvalue weighted by molar-refractivity contribution is 5.77. The predicted octanol–water partition coefficient (Wildman–Crippen LogP) is -16.4. The van der Waals surface area contributed by atoms with Crippen LogP contribution in [0.15, 0.2) is 0 Å². The average molecular weight is 1450 g/mol. The van der Waals surface area contributed by atoms with Gasteiger partial charge >= 0.3 is 5.97 Å². The zero-order valence-electron chi connectivity index (χ0n) is 53.6. The number of aliphatic hydroxyl groups is 19. The summed E-state index contributed by atoms with van der Waals surface area (Å²) in [6.45, 7) is -2.63. The summed E-state index contributed by atoms with van der Waals surface area (Å²) in [4.78, 5) is 76.0. The minimum atomic E-state index is -3.05. The van der Waals surface area contributed by atoms with Crippen LogP contribution in [0.3, 0.4) is 0 Å². The quantitative estimate of drug-likeness (QED) is 0.0363. The lowest BCUT2D eigenvalue weighted by Gasteiger charge is -2.51. The molecule has 7 aliphatic rings. The molecule has 7 aliphatic heterocycles. The van der Waals surface area contributed by atoms with E-state index in [4.69, 9.17) is 61.6 Å². The molecule has 7 rings (SSSR count). The highest BCUT2D eigenvalue weighted by atomic mass is 16.8. The molecule has 7 heterocycles. The Morgan fingerprint density at radius 1 is 0.414 bits per heavy atom. The van der Waals surface area contributed by atoms with Crippen molar-refractivity contribution < 1.29 is 192 Å². The minimum Gasteiger partial charge on any atom is -0.477 e. The second-order valence-electron chi connectivity index (χ2n) is 24.7. The molecule has 44 nitrogen and oxygen atoms in total. The van der Waals surface area contributed by atoms with E-state index >= 15 is 0 Å². The van der Waals surface area contributed by atoms with Crippen LogP contribution in [0.5, 0.6) is 0 Å². The summed E-state index contributed by atoms with van der Waals surface area (Å²) < 4.78 is 76.1. The number of carboxylic acid groups (broad SMARTS) is 1. The molecule has 0 radical (unpaired) electrons. The van der Waals surface area contributed by atoms with Crippen LogP contribution in [-0.2, 0) is 90.3 Å². The standard InChI is InChI=1S/C55H91N5O39/c1-14(66)56-27-19(71)6-55(54(85)86,99-46(27)32(73)20(72)7-61)88-13-26-35(76)45(31(48(84)89-26)60-18(5)70)97-50-29(58-16(3)68)38(79)44(24(11-65)92-50)96-53-42(83)47(36(77)25(94-53)12-87-49-28(57-15(2)67)37(78)33(74)21(8-62)90-49)98-51-30(59-17(4)69)39(80)43(23(10-64)93-51)95-52-41(82)40(81)34(75)22(9-63)91-52/h19-53,61-65,71-84H,6-13H2,1-5H3,(H,56,66)(H,57,67)(H,58,68)(H,59,69)(H,60,70)(H,85,86)/t19-,20+,21+,22+,23+,24+,25+,26+,27+,28+,29+,30+,31+,32+,33+,34-,35-,36-,37+,38+,39+,40-,41+,42+,43+,44+,45+,46+,47-,48?,49+,50-,51-,52-,53-,55+/m0/s1. The van der Waals surface area contributed by atoms with Gasteiger partial charge in [-0.3, -0.25) is 24.0 Å². The number of carboxylic acids is 1. The van der Waals surface area contributed by atoms with E-state index in [-0.39, 0.29) is 0 Å². The van der Waals surface area contributed by atoms with E-state index in [0.717, 1.165) is 34.6 Å². The fourth-order valence-electron chi connectivity index (χ4n) is 12.5. The van der Waals surface area contributed by atoms with Crippen LogP contribution in [0.4, 0.5) is 0 Å². The van der Waals surface area contributed by atoms with E-state index in [0.29, 0.717) is 0 Å². The van der Waals surface area contributed by atoms with Gasteiger partial charge in [-0.25, -0.2) is 4.79 Å². The smallest absolute Gasteiger partial charge is 0.364 e. The van der Waals surface area contributed by atoms with Crippen molar-refractivity contribution in [1.29, 1.82) is 0 Å². The van der Waals surface area contributed by atoms with Crippen molar-refractivity contribution >= 4 is 35.5 Å². The number of hydrogen-bond acceptors (Lipinski definition) is 38. The predicted molar refractivity (Wildman–Crippen MR) is 307 cm³/mol. The topological polar surface area (TPSA) is 687 Å². The van der Waals surface area contributed by atoms with Gasteiger partial charge in [0.2, 0.25) is 29.5 Å². The Morgan fingerprint density at radius 2 is 0.808 bits per heavy atom. The van der Waals surface area contributed by atoms with E-state index in [1.165, 1.54) is 0 Å². The number of carbonyl (C=O) groups excluding carboxylic acids is 5. The Morgan fingerprint density at radius 3 is 1.28 bits per heavy atom. The molecule has 7 fully saturated rings. The first-order valence-electron chi connectivity index (χ1n) is 31.2. The molecule has 7 saturated heterocycles. The van der Waals surface area contributed by atoms with Crippen LogP contribution in [-0.4, -0.2) is 404 Å². The fourth-order valence-corrected chi connectivity index (χ4v) is 12.5. The van der Waals surface area contributed by atoms with Crippen molar-refractivity contribution in [1.82, 2.24) is 26.6 Å². The Kier molecular flexibility index (Phi) is 29.2. The number of ether oxygens (including phenoxy) is 13. The molecule has 1 unspecified atom stereocenters. The van der Waals surface area contributed by atoms with Crippen LogP contribution in [0, 0.1) is 0 Å². The third-order valence-corrected chi connectivity index (χ3v) is 17.5. The lowest BCUT2D eigenvalue weighted by molar-refractivity contribution is -0.383. The van der Waals surface area contributed by atoms with Crippen LogP contribution >= 0.6 is 0 Å². The third-order valence-electron chi connectivity index (χ3n) is 17.5. The second-order valence-corrected chi connectivity index (χ2v) is 24.7. The zero-order chi connectivity index (χ0) is 73.6. The Bertz CT molecular complexity index is 2670. The van der Waals surface area contributed by atoms with Crippen LogP contribution in [0.2, 0.25) is 0 Å². The van der Waals surface area contributed by atoms with Gasteiger partial charge in [-0.15, -0.1) is 0 Å². The van der Waals surface area contributed by atoms with Crippen molar-refractivity contribution in [3.05, 3.63) is 0 Å². The maximum atomic E-state index is 13.1. The molecule has 0 saturated carbocycles. The maximum absolute atomic E-state index is 13.1. The maximum Gasteiger partial charge on any atom is 0.364 e.